The molecule has 0 fully saturated rings. The summed E-state index contributed by atoms with van der Waals surface area (Å²) in [5, 5.41) is 10.4. The molecule has 6 heteroatoms. The molecule has 30 heavy (non-hydrogen) atoms. The van der Waals surface area contributed by atoms with Gasteiger partial charge in [-0.05, 0) is 35.3 Å². The molecule has 0 saturated heterocycles. The van der Waals surface area contributed by atoms with Crippen LogP contribution in [0.2, 0.25) is 0 Å². The first kappa shape index (κ1) is 20.6. The van der Waals surface area contributed by atoms with Crippen LogP contribution < -0.4 is 4.74 Å². The van der Waals surface area contributed by atoms with Crippen molar-refractivity contribution >= 4 is 34.2 Å². The topological polar surface area (TPSA) is 65.6 Å². The lowest BCUT2D eigenvalue weighted by Gasteiger charge is -2.26. The van der Waals surface area contributed by atoms with Crippen LogP contribution in [0.25, 0.3) is 16.5 Å². The highest BCUT2D eigenvalue weighted by molar-refractivity contribution is 7.98. The minimum Gasteiger partial charge on any atom is -0.496 e. The highest BCUT2D eigenvalue weighted by Gasteiger charge is 2.16. The van der Waals surface area contributed by atoms with Crippen molar-refractivity contribution in [3.63, 3.8) is 0 Å². The quantitative estimate of drug-likeness (QED) is 0.506. The number of rotatable bonds is 8. The van der Waals surface area contributed by atoms with E-state index in [1.807, 2.05) is 24.0 Å². The second kappa shape index (κ2) is 9.41. The van der Waals surface area contributed by atoms with Crippen LogP contribution in [0.15, 0.2) is 54.7 Å². The number of thioether (sulfide) groups is 1. The number of aromatic nitrogens is 1. The van der Waals surface area contributed by atoms with E-state index < -0.39 is 5.97 Å². The van der Waals surface area contributed by atoms with Crippen molar-refractivity contribution in [1.82, 2.24) is 9.88 Å². The van der Waals surface area contributed by atoms with Crippen LogP contribution in [0, 0.1) is 0 Å². The Bertz CT molecular complexity index is 1060. The van der Waals surface area contributed by atoms with Crippen molar-refractivity contribution in [3.05, 3.63) is 71.4 Å². The number of ether oxygens (including phenoxy) is 1. The molecule has 5 nitrogen and oxygen atoms in total. The largest absolute Gasteiger partial charge is 0.496 e. The minimum atomic E-state index is -0.981. The third kappa shape index (κ3) is 4.55. The van der Waals surface area contributed by atoms with Gasteiger partial charge in [0.25, 0.3) is 0 Å². The number of aromatic amines is 1. The lowest BCUT2D eigenvalue weighted by Crippen LogP contribution is -2.30. The zero-order valence-corrected chi connectivity index (χ0v) is 17.9. The number of aromatic carboxylic acids is 1. The number of carboxylic acid groups (broad SMARTS) is 1. The predicted molar refractivity (Wildman–Crippen MR) is 123 cm³/mol. The van der Waals surface area contributed by atoms with Crippen molar-refractivity contribution < 1.29 is 14.6 Å². The summed E-state index contributed by atoms with van der Waals surface area (Å²) in [7, 11) is 1.50. The molecule has 0 bridgehead atoms. The Hall–Kier alpha value is -2.70. The van der Waals surface area contributed by atoms with E-state index in [0.717, 1.165) is 48.5 Å². The Balaban J connectivity index is 1.30. The van der Waals surface area contributed by atoms with Crippen molar-refractivity contribution in [2.24, 2.45) is 0 Å². The molecule has 0 aliphatic carbocycles. The van der Waals surface area contributed by atoms with Crippen LogP contribution in [-0.4, -0.2) is 53.5 Å². The summed E-state index contributed by atoms with van der Waals surface area (Å²) in [5.41, 5.74) is 4.98. The number of benzene rings is 2. The van der Waals surface area contributed by atoms with Gasteiger partial charge in [-0.2, -0.15) is 11.8 Å². The SMILES string of the molecule is COc1cc2c(CSCCN3CC=C(c4ccccc4)CC3)c[nH]c2cc1C(=O)O. The van der Waals surface area contributed by atoms with Gasteiger partial charge in [-0.25, -0.2) is 4.79 Å². The van der Waals surface area contributed by atoms with E-state index in [4.69, 9.17) is 4.74 Å². The Morgan fingerprint density at radius 1 is 1.27 bits per heavy atom. The Morgan fingerprint density at radius 2 is 2.10 bits per heavy atom. The molecule has 0 atom stereocenters. The number of hydrogen-bond donors (Lipinski definition) is 2. The molecule has 2 heterocycles. The van der Waals surface area contributed by atoms with Crippen LogP contribution in [-0.2, 0) is 5.75 Å². The van der Waals surface area contributed by atoms with Gasteiger partial charge in [-0.1, -0.05) is 36.4 Å². The number of fused-ring (bicyclic) bond motifs is 1. The first-order chi connectivity index (χ1) is 14.7. The number of nitrogens with one attached hydrogen (secondary N) is 1. The van der Waals surface area contributed by atoms with Gasteiger partial charge in [0.1, 0.15) is 11.3 Å². The fraction of sp³-hybridized carbons (Fsp3) is 0.292. The first-order valence-corrected chi connectivity index (χ1v) is 11.3. The van der Waals surface area contributed by atoms with Gasteiger partial charge in [0, 0.05) is 48.2 Å². The predicted octanol–water partition coefficient (Wildman–Crippen LogP) is 4.90. The standard InChI is InChI=1S/C24H26N2O3S/c1-29-23-14-20-19(15-25-22(20)13-21(23)24(27)28)16-30-12-11-26-9-7-18(8-10-26)17-5-3-2-4-6-17/h2-7,13-15,25H,8-12,16H2,1H3,(H,27,28). The molecule has 156 valence electrons. The molecule has 0 unspecified atom stereocenters. The number of methoxy groups -OCH3 is 1. The zero-order valence-electron chi connectivity index (χ0n) is 17.1. The normalized spacial score (nSPS) is 14.6. The van der Waals surface area contributed by atoms with Gasteiger partial charge in [-0.15, -0.1) is 0 Å². The smallest absolute Gasteiger partial charge is 0.339 e. The Morgan fingerprint density at radius 3 is 2.80 bits per heavy atom. The van der Waals surface area contributed by atoms with Crippen LogP contribution in [0.3, 0.4) is 0 Å². The van der Waals surface area contributed by atoms with Gasteiger partial charge >= 0.3 is 5.97 Å². The molecule has 1 aromatic heterocycles. The van der Waals surface area contributed by atoms with E-state index >= 15 is 0 Å². The Kier molecular flexibility index (Phi) is 6.45. The zero-order chi connectivity index (χ0) is 20.9. The molecule has 2 aromatic carbocycles. The number of H-pyrrole nitrogens is 1. The van der Waals surface area contributed by atoms with Gasteiger partial charge in [-0.3, -0.25) is 4.90 Å². The van der Waals surface area contributed by atoms with E-state index in [-0.39, 0.29) is 5.56 Å². The number of carboxylic acids is 1. The molecule has 2 N–H and O–H groups in total. The lowest BCUT2D eigenvalue weighted by molar-refractivity contribution is 0.0693. The van der Waals surface area contributed by atoms with Gasteiger partial charge in [0.2, 0.25) is 0 Å². The van der Waals surface area contributed by atoms with Gasteiger partial charge in [0.15, 0.2) is 0 Å². The molecule has 1 aliphatic heterocycles. The summed E-state index contributed by atoms with van der Waals surface area (Å²) < 4.78 is 5.27. The third-order valence-electron chi connectivity index (χ3n) is 5.57. The van der Waals surface area contributed by atoms with Crippen LogP contribution in [0.5, 0.6) is 5.75 Å². The fourth-order valence-corrected chi connectivity index (χ4v) is 4.86. The van der Waals surface area contributed by atoms with E-state index in [1.54, 1.807) is 6.07 Å². The van der Waals surface area contributed by atoms with Gasteiger partial charge in [0.05, 0.1) is 7.11 Å². The second-order valence-corrected chi connectivity index (χ2v) is 8.52. The van der Waals surface area contributed by atoms with Crippen LogP contribution in [0.1, 0.15) is 27.9 Å². The fourth-order valence-electron chi connectivity index (χ4n) is 3.87. The summed E-state index contributed by atoms with van der Waals surface area (Å²) in [6, 6.07) is 14.1. The van der Waals surface area contributed by atoms with E-state index in [9.17, 15) is 9.90 Å². The monoisotopic (exact) mass is 422 g/mol. The maximum absolute atomic E-state index is 11.4. The maximum atomic E-state index is 11.4. The lowest BCUT2D eigenvalue weighted by atomic mass is 10.00. The molecule has 4 rings (SSSR count). The van der Waals surface area contributed by atoms with Gasteiger partial charge < -0.3 is 14.8 Å². The molecule has 3 aromatic rings. The third-order valence-corrected chi connectivity index (χ3v) is 6.55. The van der Waals surface area contributed by atoms with Crippen molar-refractivity contribution in [3.8, 4) is 5.75 Å². The summed E-state index contributed by atoms with van der Waals surface area (Å²) in [6.07, 6.45) is 5.43. The molecule has 0 spiro atoms. The van der Waals surface area contributed by atoms with Crippen molar-refractivity contribution in [2.45, 2.75) is 12.2 Å². The number of nitrogens with zero attached hydrogens (tertiary/aromatic N) is 1. The minimum absolute atomic E-state index is 0.180. The van der Waals surface area contributed by atoms with Crippen LogP contribution >= 0.6 is 11.8 Å². The average Bonchev–Trinajstić information content (AvgIpc) is 3.18. The number of carbonyl (C=O) groups is 1. The van der Waals surface area contributed by atoms with Crippen molar-refractivity contribution in [2.75, 3.05) is 32.5 Å². The molecule has 0 radical (unpaired) electrons. The highest BCUT2D eigenvalue weighted by Crippen LogP contribution is 2.30. The molecule has 1 aliphatic rings. The summed E-state index contributed by atoms with van der Waals surface area (Å²) >= 11 is 1.90. The second-order valence-electron chi connectivity index (χ2n) is 7.42. The van der Waals surface area contributed by atoms with E-state index in [1.165, 1.54) is 23.8 Å². The molecular formula is C24H26N2O3S. The molecular weight excluding hydrogens is 396 g/mol. The van der Waals surface area contributed by atoms with E-state index in [2.05, 4.69) is 46.3 Å². The average molecular weight is 423 g/mol. The van der Waals surface area contributed by atoms with Crippen molar-refractivity contribution in [1.29, 1.82) is 0 Å². The summed E-state index contributed by atoms with van der Waals surface area (Å²) in [6.45, 7) is 3.18. The summed E-state index contributed by atoms with van der Waals surface area (Å²) in [5.74, 6) is 1.36. The Labute approximate surface area is 180 Å². The van der Waals surface area contributed by atoms with Crippen LogP contribution in [0.4, 0.5) is 0 Å². The molecule has 0 saturated carbocycles. The molecule has 0 amide bonds. The number of hydrogen-bond acceptors (Lipinski definition) is 4. The maximum Gasteiger partial charge on any atom is 0.339 e. The van der Waals surface area contributed by atoms with E-state index in [0.29, 0.717) is 5.75 Å². The highest BCUT2D eigenvalue weighted by atomic mass is 32.2. The summed E-state index contributed by atoms with van der Waals surface area (Å²) in [4.78, 5) is 17.1. The first-order valence-electron chi connectivity index (χ1n) is 10.1.